The maximum atomic E-state index is 12.1. The molecule has 25 heavy (non-hydrogen) atoms. The van der Waals surface area contributed by atoms with Gasteiger partial charge in [0.05, 0.1) is 6.04 Å². The molecule has 1 aromatic heterocycles. The van der Waals surface area contributed by atoms with Gasteiger partial charge in [-0.25, -0.2) is 0 Å². The Hall–Kier alpha value is -2.33. The van der Waals surface area contributed by atoms with Gasteiger partial charge in [0.25, 0.3) is 5.56 Å². The molecule has 10 nitrogen and oxygen atoms in total. The van der Waals surface area contributed by atoms with Gasteiger partial charge in [-0.1, -0.05) is 20.3 Å². The minimum Gasteiger partial charge on any atom is -0.459 e. The summed E-state index contributed by atoms with van der Waals surface area (Å²) in [5, 5.41) is 16.3. The number of nitrogens with zero attached hydrogens (tertiary/aromatic N) is 1. The molecular weight excluding hydrogens is 328 g/mol. The highest BCUT2D eigenvalue weighted by Crippen LogP contribution is 2.22. The summed E-state index contributed by atoms with van der Waals surface area (Å²) in [6.45, 7) is 5.66. The Labute approximate surface area is 145 Å². The van der Waals surface area contributed by atoms with Gasteiger partial charge >= 0.3 is 5.97 Å². The van der Waals surface area contributed by atoms with Crippen molar-refractivity contribution in [2.45, 2.75) is 51.5 Å². The molecule has 0 radical (unpaired) electrons. The van der Waals surface area contributed by atoms with Crippen LogP contribution < -0.4 is 27.7 Å². The third-order valence-corrected chi connectivity index (χ3v) is 4.48. The highest BCUT2D eigenvalue weighted by atomic mass is 16.6. The monoisotopic (exact) mass is 354 g/mol. The van der Waals surface area contributed by atoms with Crippen molar-refractivity contribution >= 4 is 23.4 Å². The molecule has 0 spiro atoms. The second-order valence-corrected chi connectivity index (χ2v) is 6.35. The van der Waals surface area contributed by atoms with Crippen LogP contribution in [-0.4, -0.2) is 51.9 Å². The van der Waals surface area contributed by atoms with E-state index in [4.69, 9.17) is 16.2 Å². The number of anilines is 3. The molecule has 0 fully saturated rings. The summed E-state index contributed by atoms with van der Waals surface area (Å²) in [6, 6.07) is -1.30. The van der Waals surface area contributed by atoms with E-state index >= 15 is 0 Å². The highest BCUT2D eigenvalue weighted by molar-refractivity contribution is 5.76. The van der Waals surface area contributed by atoms with E-state index in [9.17, 15) is 14.7 Å². The quantitative estimate of drug-likeness (QED) is 0.359. The van der Waals surface area contributed by atoms with E-state index < -0.39 is 35.8 Å². The molecule has 5 unspecified atom stereocenters. The molecule has 5 atom stereocenters. The van der Waals surface area contributed by atoms with E-state index in [2.05, 4.69) is 20.6 Å². The Morgan fingerprint density at radius 2 is 2.16 bits per heavy atom. The second-order valence-electron chi connectivity index (χ2n) is 6.35. The van der Waals surface area contributed by atoms with Crippen LogP contribution in [0.25, 0.3) is 0 Å². The maximum Gasteiger partial charge on any atom is 0.323 e. The molecule has 0 aliphatic carbocycles. The zero-order valence-electron chi connectivity index (χ0n) is 14.6. The van der Waals surface area contributed by atoms with Crippen LogP contribution >= 0.6 is 0 Å². The average Bonchev–Trinajstić information content (AvgIpc) is 2.59. The van der Waals surface area contributed by atoms with Gasteiger partial charge in [0.15, 0.2) is 5.82 Å². The van der Waals surface area contributed by atoms with Gasteiger partial charge in [0, 0.05) is 6.54 Å². The summed E-state index contributed by atoms with van der Waals surface area (Å²) in [4.78, 5) is 30.4. The fraction of sp³-hybridized carbons (Fsp3) is 0.667. The number of aliphatic hydroxyl groups excluding tert-OH is 1. The summed E-state index contributed by atoms with van der Waals surface area (Å²) in [5.74, 6) is -0.267. The number of aromatic nitrogens is 2. The molecule has 1 aliphatic rings. The molecule has 0 saturated carbocycles. The van der Waals surface area contributed by atoms with Gasteiger partial charge in [0.2, 0.25) is 5.95 Å². The van der Waals surface area contributed by atoms with Crippen molar-refractivity contribution in [3.8, 4) is 0 Å². The number of hydrogen-bond acceptors (Lipinski definition) is 9. The van der Waals surface area contributed by atoms with Gasteiger partial charge in [0.1, 0.15) is 23.9 Å². The number of nitrogens with two attached hydrogens (primary N) is 2. The van der Waals surface area contributed by atoms with Crippen molar-refractivity contribution in [1.29, 1.82) is 0 Å². The van der Waals surface area contributed by atoms with E-state index in [0.29, 0.717) is 5.82 Å². The van der Waals surface area contributed by atoms with Crippen molar-refractivity contribution < 1.29 is 14.6 Å². The first kappa shape index (κ1) is 19.0. The lowest BCUT2D eigenvalue weighted by Gasteiger charge is -2.33. The number of ether oxygens (including phenoxy) is 1. The maximum absolute atomic E-state index is 12.1. The molecule has 0 aromatic carbocycles. The van der Waals surface area contributed by atoms with Crippen molar-refractivity contribution in [3.05, 3.63) is 10.4 Å². The SMILES string of the molecule is CCC(C)C(N)C(=O)OC(C)C(O)C1CNc2nc(N)[nH]c(=O)c2N1. The van der Waals surface area contributed by atoms with Crippen LogP contribution in [0.15, 0.2) is 4.79 Å². The van der Waals surface area contributed by atoms with Crippen LogP contribution in [0.4, 0.5) is 17.5 Å². The number of hydrogen-bond donors (Lipinski definition) is 6. The Bertz CT molecular complexity index is 678. The zero-order valence-corrected chi connectivity index (χ0v) is 14.6. The first-order chi connectivity index (χ1) is 11.7. The predicted octanol–water partition coefficient (Wildman–Crippen LogP) is -0.776. The van der Waals surface area contributed by atoms with Gasteiger partial charge in [-0.05, 0) is 12.8 Å². The van der Waals surface area contributed by atoms with Gasteiger partial charge in [-0.15, -0.1) is 0 Å². The molecular formula is C15H26N6O4. The highest BCUT2D eigenvalue weighted by Gasteiger charge is 2.33. The van der Waals surface area contributed by atoms with Crippen molar-refractivity contribution in [2.75, 3.05) is 22.9 Å². The van der Waals surface area contributed by atoms with Gasteiger partial charge < -0.3 is 31.9 Å². The third kappa shape index (κ3) is 4.20. The smallest absolute Gasteiger partial charge is 0.323 e. The van der Waals surface area contributed by atoms with E-state index in [0.717, 1.165) is 6.42 Å². The summed E-state index contributed by atoms with van der Waals surface area (Å²) in [6.07, 6.45) is -1.10. The summed E-state index contributed by atoms with van der Waals surface area (Å²) in [7, 11) is 0. The minimum atomic E-state index is -1.05. The first-order valence-electron chi connectivity index (χ1n) is 8.28. The molecule has 2 heterocycles. The number of carbonyl (C=O) groups excluding carboxylic acids is 1. The molecule has 8 N–H and O–H groups in total. The van der Waals surface area contributed by atoms with Crippen LogP contribution in [0.2, 0.25) is 0 Å². The third-order valence-electron chi connectivity index (χ3n) is 4.48. The fourth-order valence-electron chi connectivity index (χ4n) is 2.55. The number of aromatic amines is 1. The molecule has 1 aliphatic heterocycles. The summed E-state index contributed by atoms with van der Waals surface area (Å²) >= 11 is 0. The van der Waals surface area contributed by atoms with E-state index in [1.807, 2.05) is 13.8 Å². The minimum absolute atomic E-state index is 0.00150. The number of nitrogen functional groups attached to an aromatic ring is 1. The molecule has 0 bridgehead atoms. The summed E-state index contributed by atoms with van der Waals surface area (Å²) < 4.78 is 5.28. The topological polar surface area (TPSA) is 168 Å². The van der Waals surface area contributed by atoms with Crippen LogP contribution in [0.5, 0.6) is 0 Å². The number of aliphatic hydroxyl groups is 1. The van der Waals surface area contributed by atoms with Gasteiger partial charge in [-0.2, -0.15) is 4.98 Å². The number of fused-ring (bicyclic) bond motifs is 1. The first-order valence-corrected chi connectivity index (χ1v) is 8.28. The Kier molecular flexibility index (Phi) is 5.85. The molecule has 0 saturated heterocycles. The standard InChI is InChI=1S/C15H26N6O4/c1-4-6(2)9(16)14(24)25-7(3)11(22)8-5-18-12-10(19-8)13(23)21-15(17)20-12/h6-9,11,19,22H,4-5,16H2,1-3H3,(H4,17,18,20,21,23). The van der Waals surface area contributed by atoms with E-state index in [-0.39, 0.29) is 24.1 Å². The normalized spacial score (nSPS) is 21.1. The van der Waals surface area contributed by atoms with Crippen LogP contribution in [-0.2, 0) is 9.53 Å². The molecule has 140 valence electrons. The molecule has 10 heteroatoms. The largest absolute Gasteiger partial charge is 0.459 e. The number of H-pyrrole nitrogens is 1. The second kappa shape index (κ2) is 7.70. The number of carbonyl (C=O) groups is 1. The fourth-order valence-corrected chi connectivity index (χ4v) is 2.55. The van der Waals surface area contributed by atoms with E-state index in [1.165, 1.54) is 0 Å². The average molecular weight is 354 g/mol. The number of rotatable bonds is 6. The molecule has 1 aromatic rings. The lowest BCUT2D eigenvalue weighted by atomic mass is 10.00. The van der Waals surface area contributed by atoms with Crippen LogP contribution in [0.3, 0.4) is 0 Å². The van der Waals surface area contributed by atoms with Gasteiger partial charge in [-0.3, -0.25) is 14.6 Å². The van der Waals surface area contributed by atoms with Crippen LogP contribution in [0, 0.1) is 5.92 Å². The van der Waals surface area contributed by atoms with Crippen molar-refractivity contribution in [3.63, 3.8) is 0 Å². The molecule has 0 amide bonds. The lowest BCUT2D eigenvalue weighted by Crippen LogP contribution is -2.51. The van der Waals surface area contributed by atoms with Crippen molar-refractivity contribution in [1.82, 2.24) is 9.97 Å². The molecule has 2 rings (SSSR count). The predicted molar refractivity (Wildman–Crippen MR) is 94.2 cm³/mol. The lowest BCUT2D eigenvalue weighted by molar-refractivity contribution is -0.157. The Morgan fingerprint density at radius 3 is 2.80 bits per heavy atom. The van der Waals surface area contributed by atoms with Crippen LogP contribution in [0.1, 0.15) is 27.2 Å². The van der Waals surface area contributed by atoms with E-state index in [1.54, 1.807) is 6.92 Å². The number of esters is 1. The summed E-state index contributed by atoms with van der Waals surface area (Å²) in [5.41, 5.74) is 11.1. The zero-order chi connectivity index (χ0) is 18.7. The Morgan fingerprint density at radius 1 is 1.48 bits per heavy atom. The Balaban J connectivity index is 2.02. The number of nitrogens with one attached hydrogen (secondary N) is 3. The van der Waals surface area contributed by atoms with Crippen molar-refractivity contribution in [2.24, 2.45) is 11.7 Å².